The molecule has 0 bridgehead atoms. The minimum absolute atomic E-state index is 0.101. The third kappa shape index (κ3) is 12.3. The van der Waals surface area contributed by atoms with Crippen LogP contribution in [0.15, 0.2) is 30.3 Å². The summed E-state index contributed by atoms with van der Waals surface area (Å²) < 4.78 is 0. The molecule has 0 aliphatic rings. The number of nitrogens with one attached hydrogen (secondary N) is 4. The number of rotatable bonds is 17. The Hall–Kier alpha value is -1.96. The van der Waals surface area contributed by atoms with Crippen molar-refractivity contribution < 1.29 is 9.59 Å². The van der Waals surface area contributed by atoms with Crippen molar-refractivity contribution in [3.8, 4) is 0 Å². The van der Waals surface area contributed by atoms with Crippen LogP contribution in [-0.4, -0.2) is 51.1 Å². The first kappa shape index (κ1) is 25.1. The fourth-order valence-electron chi connectivity index (χ4n) is 2.91. The van der Waals surface area contributed by atoms with Gasteiger partial charge >= 0.3 is 0 Å². The molecule has 6 N–H and O–H groups in total. The van der Waals surface area contributed by atoms with Crippen LogP contribution in [0.3, 0.4) is 0 Å². The first-order chi connectivity index (χ1) is 14.2. The highest BCUT2D eigenvalue weighted by Gasteiger charge is 2.21. The normalized spacial score (nSPS) is 11.8. The van der Waals surface area contributed by atoms with Crippen LogP contribution in [0, 0.1) is 0 Å². The van der Waals surface area contributed by atoms with E-state index in [4.69, 9.17) is 5.73 Å². The van der Waals surface area contributed by atoms with E-state index in [0.29, 0.717) is 13.0 Å². The van der Waals surface area contributed by atoms with E-state index in [1.165, 1.54) is 0 Å². The zero-order chi connectivity index (χ0) is 21.2. The average Bonchev–Trinajstić information content (AvgIpc) is 2.73. The molecule has 1 aromatic rings. The highest BCUT2D eigenvalue weighted by Crippen LogP contribution is 2.13. The molecule has 29 heavy (non-hydrogen) atoms. The average molecular weight is 406 g/mol. The highest BCUT2D eigenvalue weighted by atomic mass is 16.2. The van der Waals surface area contributed by atoms with Gasteiger partial charge in [0.05, 0.1) is 0 Å². The number of hydrogen-bond donors (Lipinski definition) is 5. The Bertz CT molecular complexity index is 553. The first-order valence-corrected chi connectivity index (χ1v) is 10.9. The summed E-state index contributed by atoms with van der Waals surface area (Å²) in [5.41, 5.74) is 6.25. The van der Waals surface area contributed by atoms with Crippen molar-refractivity contribution >= 4 is 11.8 Å². The van der Waals surface area contributed by atoms with Crippen molar-refractivity contribution in [1.82, 2.24) is 21.3 Å². The van der Waals surface area contributed by atoms with Crippen LogP contribution in [0.25, 0.3) is 0 Å². The molecule has 0 saturated heterocycles. The van der Waals surface area contributed by atoms with Crippen molar-refractivity contribution in [2.75, 3.05) is 39.3 Å². The lowest BCUT2D eigenvalue weighted by Gasteiger charge is -2.19. The van der Waals surface area contributed by atoms with Gasteiger partial charge in [0.2, 0.25) is 11.8 Å². The number of unbranched alkanes of at least 4 members (excludes halogenated alkanes) is 1. The van der Waals surface area contributed by atoms with Crippen LogP contribution in [0.4, 0.5) is 0 Å². The number of carbonyl (C=O) groups excluding carboxylic acids is 2. The number of hydrogen-bond acceptors (Lipinski definition) is 5. The Morgan fingerprint density at radius 1 is 0.897 bits per heavy atom. The molecule has 1 rings (SSSR count). The van der Waals surface area contributed by atoms with Crippen LogP contribution in [0.5, 0.6) is 0 Å². The Morgan fingerprint density at radius 3 is 2.14 bits per heavy atom. The second-order valence-electron chi connectivity index (χ2n) is 7.16. The number of nitrogens with two attached hydrogens (primary N) is 1. The Labute approximate surface area is 175 Å². The lowest BCUT2D eigenvalue weighted by Crippen LogP contribution is -2.41. The molecule has 1 atom stereocenters. The predicted molar refractivity (Wildman–Crippen MR) is 119 cm³/mol. The van der Waals surface area contributed by atoms with E-state index in [-0.39, 0.29) is 11.8 Å². The quantitative estimate of drug-likeness (QED) is 0.252. The van der Waals surface area contributed by atoms with Gasteiger partial charge in [0, 0.05) is 13.0 Å². The maximum Gasteiger partial charge on any atom is 0.247 e. The number of carbonyl (C=O) groups is 2. The largest absolute Gasteiger partial charge is 0.354 e. The van der Waals surface area contributed by atoms with Gasteiger partial charge in [-0.1, -0.05) is 37.3 Å². The maximum absolute atomic E-state index is 12.6. The van der Waals surface area contributed by atoms with Gasteiger partial charge < -0.3 is 27.0 Å². The van der Waals surface area contributed by atoms with Crippen LogP contribution in [-0.2, 0) is 9.59 Å². The van der Waals surface area contributed by atoms with Crippen LogP contribution < -0.4 is 27.0 Å². The van der Waals surface area contributed by atoms with E-state index in [1.54, 1.807) is 0 Å². The van der Waals surface area contributed by atoms with Gasteiger partial charge in [-0.2, -0.15) is 0 Å². The zero-order valence-corrected chi connectivity index (χ0v) is 17.8. The summed E-state index contributed by atoms with van der Waals surface area (Å²) in [5.74, 6) is -0.264. The van der Waals surface area contributed by atoms with Crippen LogP contribution >= 0.6 is 0 Å². The maximum atomic E-state index is 12.6. The zero-order valence-electron chi connectivity index (χ0n) is 17.8. The second kappa shape index (κ2) is 16.9. The van der Waals surface area contributed by atoms with Crippen molar-refractivity contribution in [2.24, 2.45) is 5.73 Å². The Kier molecular flexibility index (Phi) is 14.7. The number of amides is 2. The van der Waals surface area contributed by atoms with Gasteiger partial charge in [0.15, 0.2) is 0 Å². The lowest BCUT2D eigenvalue weighted by atomic mass is 10.1. The van der Waals surface area contributed by atoms with E-state index >= 15 is 0 Å². The molecule has 2 amide bonds. The van der Waals surface area contributed by atoms with Crippen molar-refractivity contribution in [3.63, 3.8) is 0 Å². The molecule has 0 radical (unpaired) electrons. The van der Waals surface area contributed by atoms with Crippen molar-refractivity contribution in [1.29, 1.82) is 0 Å². The molecule has 0 aliphatic carbocycles. The van der Waals surface area contributed by atoms with E-state index in [1.807, 2.05) is 37.3 Å². The van der Waals surface area contributed by atoms with Gasteiger partial charge in [0.25, 0.3) is 0 Å². The fourth-order valence-corrected chi connectivity index (χ4v) is 2.91. The molecule has 0 aromatic heterocycles. The fraction of sp³-hybridized carbons (Fsp3) is 0.636. The minimum atomic E-state index is -0.644. The smallest absolute Gasteiger partial charge is 0.247 e. The third-order valence-corrected chi connectivity index (χ3v) is 4.52. The summed E-state index contributed by atoms with van der Waals surface area (Å²) >= 11 is 0. The van der Waals surface area contributed by atoms with Gasteiger partial charge in [-0.05, 0) is 70.4 Å². The second-order valence-corrected chi connectivity index (χ2v) is 7.16. The summed E-state index contributed by atoms with van der Waals surface area (Å²) in [6.45, 7) is 7.13. The molecule has 7 nitrogen and oxygen atoms in total. The molecule has 0 spiro atoms. The molecular weight excluding hydrogens is 366 g/mol. The van der Waals surface area contributed by atoms with E-state index in [9.17, 15) is 9.59 Å². The van der Waals surface area contributed by atoms with Gasteiger partial charge in [-0.25, -0.2) is 0 Å². The van der Waals surface area contributed by atoms with Crippen molar-refractivity contribution in [3.05, 3.63) is 35.9 Å². The van der Waals surface area contributed by atoms with Crippen LogP contribution in [0.1, 0.15) is 57.1 Å². The number of benzene rings is 1. The highest BCUT2D eigenvalue weighted by molar-refractivity contribution is 5.88. The van der Waals surface area contributed by atoms with E-state index in [0.717, 1.165) is 70.4 Å². The summed E-state index contributed by atoms with van der Waals surface area (Å²) in [5, 5.41) is 12.6. The predicted octanol–water partition coefficient (Wildman–Crippen LogP) is 1.46. The van der Waals surface area contributed by atoms with Gasteiger partial charge in [-0.15, -0.1) is 0 Å². The van der Waals surface area contributed by atoms with E-state index < -0.39 is 6.04 Å². The molecule has 0 heterocycles. The summed E-state index contributed by atoms with van der Waals surface area (Å²) in [6, 6.07) is 8.73. The minimum Gasteiger partial charge on any atom is -0.354 e. The molecule has 0 fully saturated rings. The molecule has 7 heteroatoms. The standard InChI is InChI=1S/C22H39N5O2/c1-2-10-20(28)27-21(19-11-4-3-5-12-19)22(29)26-18-9-17-25-15-7-6-14-24-16-8-13-23/h3-5,11-12,21,24-25H,2,6-10,13-18,23H2,1H3,(H,26,29)(H,27,28)/t21-/m0/s1. The van der Waals surface area contributed by atoms with Crippen molar-refractivity contribution in [2.45, 2.75) is 51.5 Å². The SMILES string of the molecule is CCCC(=O)N[C@H](C(=O)NCCCNCCCCNCCCN)c1ccccc1. The lowest BCUT2D eigenvalue weighted by molar-refractivity contribution is -0.129. The van der Waals surface area contributed by atoms with E-state index in [2.05, 4.69) is 21.3 Å². The first-order valence-electron chi connectivity index (χ1n) is 10.9. The van der Waals surface area contributed by atoms with Gasteiger partial charge in [0.1, 0.15) is 6.04 Å². The topological polar surface area (TPSA) is 108 Å². The molecule has 0 aliphatic heterocycles. The molecular formula is C22H39N5O2. The Morgan fingerprint density at radius 2 is 1.52 bits per heavy atom. The molecule has 164 valence electrons. The molecule has 0 saturated carbocycles. The summed E-state index contributed by atoms with van der Waals surface area (Å²) in [7, 11) is 0. The summed E-state index contributed by atoms with van der Waals surface area (Å²) in [6.07, 6.45) is 5.32. The molecule has 0 unspecified atom stereocenters. The third-order valence-electron chi connectivity index (χ3n) is 4.52. The monoisotopic (exact) mass is 405 g/mol. The van der Waals surface area contributed by atoms with Gasteiger partial charge in [-0.3, -0.25) is 9.59 Å². The molecule has 1 aromatic carbocycles. The Balaban J connectivity index is 2.20. The van der Waals surface area contributed by atoms with Crippen LogP contribution in [0.2, 0.25) is 0 Å². The summed E-state index contributed by atoms with van der Waals surface area (Å²) in [4.78, 5) is 24.6.